The Morgan fingerprint density at radius 3 is 1.42 bits per heavy atom. The van der Waals surface area contributed by atoms with Crippen molar-refractivity contribution < 1.29 is 9.90 Å². The number of carbonyl (C=O) groups is 1. The molecule has 160 valence electrons. The molecule has 0 radical (unpaired) electrons. The summed E-state index contributed by atoms with van der Waals surface area (Å²) >= 11 is 0. The Labute approximate surface area is 184 Å². The molecular weight excluding hydrogens is 386 g/mol. The van der Waals surface area contributed by atoms with E-state index in [1.165, 1.54) is 0 Å². The highest BCUT2D eigenvalue weighted by Crippen LogP contribution is 2.19. The molecule has 0 saturated carbocycles. The van der Waals surface area contributed by atoms with Gasteiger partial charge in [0, 0.05) is 51.0 Å². The maximum atomic E-state index is 11.4. The van der Waals surface area contributed by atoms with E-state index in [1.54, 1.807) is 4.57 Å². The molecule has 2 aromatic carbocycles. The van der Waals surface area contributed by atoms with Crippen LogP contribution in [0.25, 0.3) is 24.3 Å². The van der Waals surface area contributed by atoms with Gasteiger partial charge in [0.2, 0.25) is 0 Å². The lowest BCUT2D eigenvalue weighted by Gasteiger charge is -2.12. The minimum atomic E-state index is -0.869. The van der Waals surface area contributed by atoms with Crippen molar-refractivity contribution in [2.75, 3.05) is 38.0 Å². The Kier molecular flexibility index (Phi) is 6.98. The van der Waals surface area contributed by atoms with Crippen molar-refractivity contribution in [3.8, 4) is 0 Å². The van der Waals surface area contributed by atoms with Crippen LogP contribution in [0.3, 0.4) is 0 Å². The van der Waals surface area contributed by atoms with E-state index in [2.05, 4.69) is 58.3 Å². The van der Waals surface area contributed by atoms with E-state index in [0.29, 0.717) is 0 Å². The zero-order valence-electron chi connectivity index (χ0n) is 18.5. The highest BCUT2D eigenvalue weighted by atomic mass is 16.4. The van der Waals surface area contributed by atoms with Gasteiger partial charge in [-0.15, -0.1) is 0 Å². The predicted molar refractivity (Wildman–Crippen MR) is 131 cm³/mol. The van der Waals surface area contributed by atoms with Gasteiger partial charge in [-0.05, 0) is 59.7 Å². The third-order valence-electron chi connectivity index (χ3n) is 5.05. The number of nitrogens with zero attached hydrogens (tertiary/aromatic N) is 3. The van der Waals surface area contributed by atoms with Crippen LogP contribution in [-0.2, 0) is 11.3 Å². The van der Waals surface area contributed by atoms with E-state index in [0.717, 1.165) is 33.9 Å². The summed E-state index contributed by atoms with van der Waals surface area (Å²) in [6, 6.07) is 20.3. The van der Waals surface area contributed by atoms with Crippen LogP contribution in [-0.4, -0.2) is 43.8 Å². The van der Waals surface area contributed by atoms with Crippen LogP contribution in [0.4, 0.5) is 11.4 Å². The topological polar surface area (TPSA) is 48.7 Å². The maximum absolute atomic E-state index is 11.4. The fourth-order valence-electron chi connectivity index (χ4n) is 3.24. The molecule has 0 fully saturated rings. The van der Waals surface area contributed by atoms with Crippen molar-refractivity contribution in [2.45, 2.75) is 6.54 Å². The second kappa shape index (κ2) is 9.85. The summed E-state index contributed by atoms with van der Waals surface area (Å²) in [4.78, 5) is 15.6. The summed E-state index contributed by atoms with van der Waals surface area (Å²) < 4.78 is 1.80. The smallest absolute Gasteiger partial charge is 0.323 e. The molecule has 1 aromatic heterocycles. The molecule has 1 heterocycles. The lowest BCUT2D eigenvalue weighted by molar-refractivity contribution is -0.137. The Bertz CT molecular complexity index is 994. The molecule has 0 unspecified atom stereocenters. The lowest BCUT2D eigenvalue weighted by Crippen LogP contribution is -2.11. The van der Waals surface area contributed by atoms with Gasteiger partial charge in [-0.1, -0.05) is 36.4 Å². The van der Waals surface area contributed by atoms with Crippen LogP contribution in [0.2, 0.25) is 0 Å². The Hall–Kier alpha value is -3.73. The van der Waals surface area contributed by atoms with Crippen molar-refractivity contribution in [1.82, 2.24) is 4.57 Å². The summed E-state index contributed by atoms with van der Waals surface area (Å²) in [5, 5.41) is 9.39. The van der Waals surface area contributed by atoms with Crippen molar-refractivity contribution >= 4 is 41.6 Å². The molecule has 3 aromatic rings. The van der Waals surface area contributed by atoms with Gasteiger partial charge in [0.05, 0.1) is 0 Å². The van der Waals surface area contributed by atoms with Crippen LogP contribution in [0, 0.1) is 0 Å². The summed E-state index contributed by atoms with van der Waals surface area (Å²) in [6.45, 7) is -0.0918. The Morgan fingerprint density at radius 1 is 0.710 bits per heavy atom. The van der Waals surface area contributed by atoms with E-state index in [4.69, 9.17) is 0 Å². The molecule has 5 nitrogen and oxygen atoms in total. The van der Waals surface area contributed by atoms with Gasteiger partial charge in [0.1, 0.15) is 6.54 Å². The minimum absolute atomic E-state index is 0.0918. The third kappa shape index (κ3) is 5.89. The molecule has 0 saturated heterocycles. The molecular formula is C26H29N3O2. The molecule has 0 aliphatic heterocycles. The summed E-state index contributed by atoms with van der Waals surface area (Å²) in [7, 11) is 8.04. The Morgan fingerprint density at radius 2 is 1.10 bits per heavy atom. The number of hydrogen-bond acceptors (Lipinski definition) is 3. The first-order valence-corrected chi connectivity index (χ1v) is 10.2. The molecule has 0 atom stereocenters. The number of aromatic nitrogens is 1. The van der Waals surface area contributed by atoms with E-state index in [1.807, 2.05) is 64.6 Å². The molecule has 31 heavy (non-hydrogen) atoms. The van der Waals surface area contributed by atoms with Crippen LogP contribution in [0.1, 0.15) is 22.5 Å². The van der Waals surface area contributed by atoms with Crippen LogP contribution < -0.4 is 9.80 Å². The average molecular weight is 416 g/mol. The van der Waals surface area contributed by atoms with Gasteiger partial charge >= 0.3 is 5.97 Å². The number of rotatable bonds is 8. The van der Waals surface area contributed by atoms with Crippen LogP contribution in [0.5, 0.6) is 0 Å². The van der Waals surface area contributed by atoms with Gasteiger partial charge in [-0.3, -0.25) is 4.79 Å². The van der Waals surface area contributed by atoms with E-state index in [-0.39, 0.29) is 6.54 Å². The molecule has 0 bridgehead atoms. The first kappa shape index (κ1) is 22.0. The van der Waals surface area contributed by atoms with Crippen LogP contribution >= 0.6 is 0 Å². The average Bonchev–Trinajstić information content (AvgIpc) is 3.12. The molecule has 3 rings (SSSR count). The minimum Gasteiger partial charge on any atom is -0.480 e. The quantitative estimate of drug-likeness (QED) is 0.560. The van der Waals surface area contributed by atoms with E-state index < -0.39 is 5.97 Å². The molecule has 5 heteroatoms. The first-order chi connectivity index (χ1) is 14.8. The zero-order valence-corrected chi connectivity index (χ0v) is 18.5. The SMILES string of the molecule is CN(C)c1ccc(/C=C/c2ccc(/C=C/c3ccc(N(C)C)cc3)n2CC(=O)O)cc1. The molecule has 0 amide bonds. The normalized spacial score (nSPS) is 11.4. The number of carboxylic acid groups (broad SMARTS) is 1. The summed E-state index contributed by atoms with van der Waals surface area (Å²) in [5.41, 5.74) is 6.09. The van der Waals surface area contributed by atoms with E-state index in [9.17, 15) is 9.90 Å². The second-order valence-corrected chi connectivity index (χ2v) is 7.80. The fourth-order valence-corrected chi connectivity index (χ4v) is 3.24. The molecule has 1 N–H and O–H groups in total. The lowest BCUT2D eigenvalue weighted by atomic mass is 10.2. The van der Waals surface area contributed by atoms with Gasteiger partial charge in [-0.2, -0.15) is 0 Å². The summed E-state index contributed by atoms with van der Waals surface area (Å²) in [5.74, 6) is -0.869. The van der Waals surface area contributed by atoms with Gasteiger partial charge in [0.15, 0.2) is 0 Å². The van der Waals surface area contributed by atoms with Gasteiger partial charge in [-0.25, -0.2) is 0 Å². The zero-order chi connectivity index (χ0) is 22.4. The van der Waals surface area contributed by atoms with E-state index >= 15 is 0 Å². The molecule has 0 aliphatic carbocycles. The van der Waals surface area contributed by atoms with Crippen LogP contribution in [0.15, 0.2) is 60.7 Å². The largest absolute Gasteiger partial charge is 0.480 e. The second-order valence-electron chi connectivity index (χ2n) is 7.80. The predicted octanol–water partition coefficient (Wildman–Crippen LogP) is 5.05. The van der Waals surface area contributed by atoms with Crippen molar-refractivity contribution in [3.63, 3.8) is 0 Å². The number of aliphatic carboxylic acids is 1. The highest BCUT2D eigenvalue weighted by molar-refractivity contribution is 5.75. The van der Waals surface area contributed by atoms with Crippen molar-refractivity contribution in [3.05, 3.63) is 83.2 Å². The number of carboxylic acids is 1. The summed E-state index contributed by atoms with van der Waals surface area (Å²) in [6.07, 6.45) is 7.91. The number of hydrogen-bond donors (Lipinski definition) is 1. The maximum Gasteiger partial charge on any atom is 0.323 e. The standard InChI is InChI=1S/C26H29N3O2/c1-27(2)22-11-5-20(6-12-22)9-15-24-17-18-25(29(24)19-26(30)31)16-10-21-7-13-23(14-8-21)28(3)4/h5-18H,19H2,1-4H3,(H,30,31)/b15-9+,16-10+. The monoisotopic (exact) mass is 415 g/mol. The molecule has 0 spiro atoms. The van der Waals surface area contributed by atoms with Crippen molar-refractivity contribution in [2.24, 2.45) is 0 Å². The van der Waals surface area contributed by atoms with Gasteiger partial charge < -0.3 is 19.5 Å². The fraction of sp³-hybridized carbons (Fsp3) is 0.192. The number of benzene rings is 2. The molecule has 0 aliphatic rings. The van der Waals surface area contributed by atoms with Gasteiger partial charge in [0.25, 0.3) is 0 Å². The van der Waals surface area contributed by atoms with Crippen molar-refractivity contribution in [1.29, 1.82) is 0 Å². The highest BCUT2D eigenvalue weighted by Gasteiger charge is 2.08. The number of anilines is 2. The Balaban J connectivity index is 1.82. The first-order valence-electron chi connectivity index (χ1n) is 10.2. The third-order valence-corrected chi connectivity index (χ3v) is 5.05.